The first kappa shape index (κ1) is 76.2. The molecule has 1 unspecified atom stereocenters. The monoisotopic (exact) mass is 1550 g/mol. The fourth-order valence-electron chi connectivity index (χ4n) is 13.5. The first-order chi connectivity index (χ1) is 56.7. The van der Waals surface area contributed by atoms with Crippen molar-refractivity contribution in [1.29, 1.82) is 0 Å². The van der Waals surface area contributed by atoms with Gasteiger partial charge >= 0.3 is 0 Å². The molecule has 3 N–H and O–H groups in total. The molecule has 14 heterocycles. The summed E-state index contributed by atoms with van der Waals surface area (Å²) in [4.78, 5) is 118. The van der Waals surface area contributed by atoms with Crippen molar-refractivity contribution < 1.29 is 14.4 Å². The molecule has 3 amide bonds. The second-order valence-corrected chi connectivity index (χ2v) is 27.2. The Morgan fingerprint density at radius 3 is 1.21 bits per heavy atom. The number of carbonyl (C=O) groups excluding carboxylic acids is 3. The summed E-state index contributed by atoms with van der Waals surface area (Å²) < 4.78 is 12.7. The van der Waals surface area contributed by atoms with E-state index in [4.69, 9.17) is 15.0 Å². The van der Waals surface area contributed by atoms with Gasteiger partial charge in [0.2, 0.25) is 0 Å². The highest BCUT2D eigenvalue weighted by Crippen LogP contribution is 2.30. The van der Waals surface area contributed by atoms with Crippen molar-refractivity contribution in [2.75, 3.05) is 0 Å². The van der Waals surface area contributed by atoms with Gasteiger partial charge in [0, 0.05) is 70.7 Å². The SMILES string of the molecule is Cc1nc2cccnn2c1C(=O)N[C@@H](C)c1nc2cccc(C#Cc3cnn(C)c3)n2c(=O)c1-c1ccccc1.Cc1nccnc1C(=O)NC(C)c1nc2cccc(C#Cc3cnn(C)c3)n2c(=O)c1-c1ccccc1.Cc1ncn2ccnc2c1C(=O)N[C@@H](C)c1nc2cccc(C#Cc3cnn(C)c3)n2c(=O)c1-c1ccccc1. The number of benzene rings is 3. The van der Waals surface area contributed by atoms with E-state index in [0.29, 0.717) is 124 Å². The highest BCUT2D eigenvalue weighted by Gasteiger charge is 2.29. The lowest BCUT2D eigenvalue weighted by atomic mass is 10.0. The molecule has 29 nitrogen and oxygen atoms in total. The quantitative estimate of drug-likeness (QED) is 0.0958. The van der Waals surface area contributed by atoms with Crippen molar-refractivity contribution in [3.05, 3.63) is 348 Å². The molecule has 0 aliphatic heterocycles. The summed E-state index contributed by atoms with van der Waals surface area (Å²) in [6.45, 7) is 10.7. The number of hydrogen-bond acceptors (Lipinski definition) is 18. The van der Waals surface area contributed by atoms with E-state index in [9.17, 15) is 28.8 Å². The lowest BCUT2D eigenvalue weighted by molar-refractivity contribution is 0.0923. The molecular formula is C88H71N23O6. The Balaban J connectivity index is 0.000000138. The van der Waals surface area contributed by atoms with Crippen LogP contribution in [0, 0.1) is 56.3 Å². The number of aromatic nitrogens is 20. The third-order valence-corrected chi connectivity index (χ3v) is 18.9. The zero-order valence-electron chi connectivity index (χ0n) is 64.6. The van der Waals surface area contributed by atoms with Crippen LogP contribution < -0.4 is 32.6 Å². The van der Waals surface area contributed by atoms with Crippen LogP contribution in [-0.2, 0) is 21.1 Å². The van der Waals surface area contributed by atoms with Crippen molar-refractivity contribution in [3.63, 3.8) is 0 Å². The zero-order valence-corrected chi connectivity index (χ0v) is 64.6. The Hall–Kier alpha value is -16.2. The number of amides is 3. The molecule has 0 bridgehead atoms. The van der Waals surface area contributed by atoms with Crippen molar-refractivity contribution >= 4 is 46.0 Å². The maximum Gasteiger partial charge on any atom is 0.272 e. The lowest BCUT2D eigenvalue weighted by Gasteiger charge is -2.19. The van der Waals surface area contributed by atoms with E-state index in [2.05, 4.69) is 96.8 Å². The van der Waals surface area contributed by atoms with Crippen LogP contribution in [0.5, 0.6) is 0 Å². The molecular weight excluding hydrogens is 1480 g/mol. The van der Waals surface area contributed by atoms with Crippen LogP contribution in [-0.4, -0.2) is 114 Å². The number of fused-ring (bicyclic) bond motifs is 5. The Labute approximate surface area is 667 Å². The Bertz CT molecular complexity index is 7140. The van der Waals surface area contributed by atoms with Crippen molar-refractivity contribution in [2.24, 2.45) is 21.1 Å². The van der Waals surface area contributed by atoms with E-state index < -0.39 is 24.0 Å². The van der Waals surface area contributed by atoms with Gasteiger partial charge in [-0.1, -0.05) is 127 Å². The predicted molar refractivity (Wildman–Crippen MR) is 438 cm³/mol. The van der Waals surface area contributed by atoms with Gasteiger partial charge in [-0.2, -0.15) is 20.4 Å². The van der Waals surface area contributed by atoms with Crippen LogP contribution in [0.1, 0.15) is 138 Å². The summed E-state index contributed by atoms with van der Waals surface area (Å²) in [5.41, 5.74) is 12.3. The molecule has 0 fully saturated rings. The van der Waals surface area contributed by atoms with Crippen LogP contribution in [0.25, 0.3) is 61.6 Å². The van der Waals surface area contributed by atoms with Crippen LogP contribution in [0.4, 0.5) is 0 Å². The number of aryl methyl sites for hydroxylation is 6. The number of hydrogen-bond donors (Lipinski definition) is 3. The second kappa shape index (κ2) is 33.0. The van der Waals surface area contributed by atoms with E-state index in [1.54, 1.807) is 182 Å². The molecule has 0 spiro atoms. The summed E-state index contributed by atoms with van der Waals surface area (Å²) >= 11 is 0. The molecule has 117 heavy (non-hydrogen) atoms. The van der Waals surface area contributed by atoms with Gasteiger partial charge < -0.3 is 16.0 Å². The van der Waals surface area contributed by atoms with Crippen molar-refractivity contribution in [1.82, 2.24) is 112 Å². The average molecular weight is 1550 g/mol. The molecule has 17 rings (SSSR count). The topological polar surface area (TPSA) is 330 Å². The number of imidazole rings is 2. The Morgan fingerprint density at radius 1 is 0.385 bits per heavy atom. The van der Waals surface area contributed by atoms with Gasteiger partial charge in [-0.25, -0.2) is 39.4 Å². The van der Waals surface area contributed by atoms with E-state index in [0.717, 1.165) is 16.7 Å². The number of nitrogens with zero attached hydrogens (tertiary/aromatic N) is 20. The number of rotatable bonds is 12. The van der Waals surface area contributed by atoms with Gasteiger partial charge in [-0.05, 0) is 125 Å². The van der Waals surface area contributed by atoms with Crippen molar-refractivity contribution in [3.8, 4) is 68.9 Å². The smallest absolute Gasteiger partial charge is 0.272 e. The van der Waals surface area contributed by atoms with E-state index >= 15 is 0 Å². The summed E-state index contributed by atoms with van der Waals surface area (Å²) in [6, 6.07) is 45.6. The normalized spacial score (nSPS) is 11.7. The first-order valence-corrected chi connectivity index (χ1v) is 36.9. The second-order valence-electron chi connectivity index (χ2n) is 27.2. The molecule has 3 aromatic carbocycles. The fraction of sp³-hybridized carbons (Fsp3) is 0.136. The predicted octanol–water partition coefficient (Wildman–Crippen LogP) is 9.76. The maximum absolute atomic E-state index is 14.1. The number of pyridine rings is 3. The third-order valence-electron chi connectivity index (χ3n) is 18.9. The third kappa shape index (κ3) is 15.9. The molecule has 574 valence electrons. The molecule has 29 heteroatoms. The van der Waals surface area contributed by atoms with Gasteiger partial charge in [0.25, 0.3) is 34.4 Å². The average Bonchev–Trinajstić information content (AvgIpc) is 1.71. The molecule has 0 radical (unpaired) electrons. The molecule has 0 saturated heterocycles. The fourth-order valence-corrected chi connectivity index (χ4v) is 13.5. The Kier molecular flexibility index (Phi) is 21.5. The van der Waals surface area contributed by atoms with Gasteiger partial charge in [0.1, 0.15) is 51.6 Å². The molecule has 3 atom stereocenters. The van der Waals surface area contributed by atoms with E-state index in [-0.39, 0.29) is 34.2 Å². The molecule has 0 aliphatic carbocycles. The summed E-state index contributed by atoms with van der Waals surface area (Å²) in [7, 11) is 5.45. The van der Waals surface area contributed by atoms with E-state index in [1.807, 2.05) is 119 Å². The summed E-state index contributed by atoms with van der Waals surface area (Å²) in [5.74, 6) is 17.3. The minimum Gasteiger partial charge on any atom is -0.344 e. The highest BCUT2D eigenvalue weighted by atomic mass is 16.2. The molecule has 0 aliphatic rings. The standard InChI is InChI=1S/2C30H24N8O2.C28H23N7O2/c1-19(34-29(39)28-20(2)33-25-13-8-16-31-38(25)28)27-26(22-9-5-4-6-10-22)30(40)37-23(11-7-12-24(37)35-27)15-14-21-17-32-36(3)18-21;1-19-25(28-31-14-15-37(28)18-32-19)29(39)34-20(2)27-26(22-8-5-4-6-9-22)30(40)38-23(10-7-11-24(38)35-27)13-12-21-16-33-36(3)17-21;1-18-26(30-15-14-29-18)27(36)32-19(2)25-24(21-8-5-4-6-9-21)28(37)35-22(10-7-11-23(35)33-25)13-12-20-16-31-34(3)17-20/h4-13,16-19H,1-3H3,(H,34,39);4-11,14-18,20H,1-3H3,(H,34,39);4-11,14-17,19H,1-3H3,(H,32,36)/t19-;20-;/m00./s1. The zero-order chi connectivity index (χ0) is 81.5. The first-order valence-electron chi connectivity index (χ1n) is 36.9. The minimum atomic E-state index is -0.612. The number of carbonyl (C=O) groups is 3. The number of nitrogens with one attached hydrogen (secondary N) is 3. The van der Waals surface area contributed by atoms with Crippen LogP contribution in [0.2, 0.25) is 0 Å². The highest BCUT2D eigenvalue weighted by molar-refractivity contribution is 6.01. The molecule has 14 aromatic heterocycles. The van der Waals surface area contributed by atoms with E-state index in [1.165, 1.54) is 30.1 Å². The molecule has 0 saturated carbocycles. The van der Waals surface area contributed by atoms with Crippen LogP contribution in [0.15, 0.2) is 247 Å². The maximum atomic E-state index is 14.1. The lowest BCUT2D eigenvalue weighted by Crippen LogP contribution is -2.32. The largest absolute Gasteiger partial charge is 0.344 e. The van der Waals surface area contributed by atoms with Gasteiger partial charge in [0.15, 0.2) is 17.0 Å². The minimum absolute atomic E-state index is 0.223. The van der Waals surface area contributed by atoms with Crippen LogP contribution >= 0.6 is 0 Å². The van der Waals surface area contributed by atoms with Gasteiger partial charge in [-0.3, -0.25) is 65.4 Å². The molecule has 17 aromatic rings. The summed E-state index contributed by atoms with van der Waals surface area (Å²) in [6.07, 6.45) is 20.0. The summed E-state index contributed by atoms with van der Waals surface area (Å²) in [5, 5.41) is 25.7. The van der Waals surface area contributed by atoms with Gasteiger partial charge in [0.05, 0.1) is 104 Å². The van der Waals surface area contributed by atoms with Crippen LogP contribution in [0.3, 0.4) is 0 Å². The van der Waals surface area contributed by atoms with Gasteiger partial charge in [-0.15, -0.1) is 0 Å². The van der Waals surface area contributed by atoms with Crippen molar-refractivity contribution in [2.45, 2.75) is 59.7 Å². The Morgan fingerprint density at radius 2 is 0.795 bits per heavy atom.